The van der Waals surface area contributed by atoms with E-state index in [0.717, 1.165) is 25.0 Å². The normalized spacial score (nSPS) is 25.1. The molecule has 1 saturated heterocycles. The van der Waals surface area contributed by atoms with Gasteiger partial charge in [0.1, 0.15) is 0 Å². The third kappa shape index (κ3) is 3.74. The monoisotopic (exact) mass is 246 g/mol. The number of hydrogen-bond acceptors (Lipinski definition) is 2. The fourth-order valence-corrected chi connectivity index (χ4v) is 2.79. The molecule has 1 fully saturated rings. The third-order valence-corrected chi connectivity index (χ3v) is 3.99. The van der Waals surface area contributed by atoms with Crippen molar-refractivity contribution in [2.75, 3.05) is 25.0 Å². The number of likely N-dealkylation sites (tertiary alicyclic amines) is 1. The lowest BCUT2D eigenvalue weighted by molar-refractivity contribution is 0.130. The van der Waals surface area contributed by atoms with Crippen LogP contribution in [0.4, 0.5) is 5.69 Å². The minimum atomic E-state index is 0.750. The minimum absolute atomic E-state index is 0.750. The molecule has 1 heterocycles. The molecular formula is C16H26N2. The summed E-state index contributed by atoms with van der Waals surface area (Å²) < 4.78 is 0. The number of nitrogens with zero attached hydrogens (tertiary/aromatic N) is 1. The van der Waals surface area contributed by atoms with E-state index in [-0.39, 0.29) is 0 Å². The average molecular weight is 246 g/mol. The van der Waals surface area contributed by atoms with Crippen molar-refractivity contribution in [1.82, 2.24) is 4.90 Å². The predicted molar refractivity (Wildman–Crippen MR) is 79.1 cm³/mol. The Morgan fingerprint density at radius 1 is 1.28 bits per heavy atom. The summed E-state index contributed by atoms with van der Waals surface area (Å²) in [5, 5.41) is 3.53. The molecule has 0 aliphatic carbocycles. The zero-order valence-electron chi connectivity index (χ0n) is 11.9. The minimum Gasteiger partial charge on any atom is -0.384 e. The van der Waals surface area contributed by atoms with Crippen LogP contribution in [0.2, 0.25) is 0 Å². The van der Waals surface area contributed by atoms with Gasteiger partial charge in [-0.2, -0.15) is 0 Å². The Kier molecular flexibility index (Phi) is 4.65. The van der Waals surface area contributed by atoms with Gasteiger partial charge in [-0.3, -0.25) is 4.90 Å². The number of nitrogens with one attached hydrogen (secondary N) is 1. The molecule has 1 aliphatic rings. The number of anilines is 1. The Labute approximate surface area is 111 Å². The highest BCUT2D eigenvalue weighted by molar-refractivity contribution is 5.45. The SMILES string of the molecule is Cc1cccc(NCCN2CC(C)CCC2C)c1. The van der Waals surface area contributed by atoms with Gasteiger partial charge < -0.3 is 5.32 Å². The van der Waals surface area contributed by atoms with Crippen LogP contribution in [0.3, 0.4) is 0 Å². The fourth-order valence-electron chi connectivity index (χ4n) is 2.79. The average Bonchev–Trinajstić information content (AvgIpc) is 2.34. The van der Waals surface area contributed by atoms with E-state index < -0.39 is 0 Å². The summed E-state index contributed by atoms with van der Waals surface area (Å²) in [5.74, 6) is 0.861. The molecule has 18 heavy (non-hydrogen) atoms. The zero-order valence-corrected chi connectivity index (χ0v) is 11.9. The van der Waals surface area contributed by atoms with Crippen molar-refractivity contribution in [3.63, 3.8) is 0 Å². The van der Waals surface area contributed by atoms with Crippen LogP contribution in [0.15, 0.2) is 24.3 Å². The van der Waals surface area contributed by atoms with Crippen LogP contribution < -0.4 is 5.32 Å². The van der Waals surface area contributed by atoms with Crippen LogP contribution in [0, 0.1) is 12.8 Å². The molecule has 1 aromatic rings. The first-order chi connectivity index (χ1) is 8.65. The van der Waals surface area contributed by atoms with Crippen molar-refractivity contribution >= 4 is 5.69 Å². The maximum absolute atomic E-state index is 3.53. The second-order valence-corrected chi connectivity index (χ2v) is 5.82. The van der Waals surface area contributed by atoms with Crippen LogP contribution in [0.1, 0.15) is 32.3 Å². The Bertz CT molecular complexity index is 375. The standard InChI is InChI=1S/C16H26N2/c1-13-5-4-6-16(11-13)17-9-10-18-12-14(2)7-8-15(18)3/h4-6,11,14-15,17H,7-10,12H2,1-3H3. The van der Waals surface area contributed by atoms with Crippen molar-refractivity contribution in [3.8, 4) is 0 Å². The van der Waals surface area contributed by atoms with E-state index in [2.05, 4.69) is 55.3 Å². The molecule has 0 bridgehead atoms. The van der Waals surface area contributed by atoms with Gasteiger partial charge in [0.25, 0.3) is 0 Å². The van der Waals surface area contributed by atoms with Crippen molar-refractivity contribution in [3.05, 3.63) is 29.8 Å². The summed E-state index contributed by atoms with van der Waals surface area (Å²) in [4.78, 5) is 2.62. The summed E-state index contributed by atoms with van der Waals surface area (Å²) >= 11 is 0. The van der Waals surface area contributed by atoms with Gasteiger partial charge in [-0.15, -0.1) is 0 Å². The number of rotatable bonds is 4. The van der Waals surface area contributed by atoms with E-state index in [4.69, 9.17) is 0 Å². The molecule has 1 aliphatic heterocycles. The zero-order chi connectivity index (χ0) is 13.0. The third-order valence-electron chi connectivity index (χ3n) is 3.99. The topological polar surface area (TPSA) is 15.3 Å². The van der Waals surface area contributed by atoms with Crippen LogP contribution in [-0.2, 0) is 0 Å². The number of aryl methyl sites for hydroxylation is 1. The molecule has 1 aromatic carbocycles. The predicted octanol–water partition coefficient (Wildman–Crippen LogP) is 3.53. The maximum atomic E-state index is 3.53. The molecule has 100 valence electrons. The van der Waals surface area contributed by atoms with Gasteiger partial charge in [0.2, 0.25) is 0 Å². The van der Waals surface area contributed by atoms with Gasteiger partial charge in [0.05, 0.1) is 0 Å². The van der Waals surface area contributed by atoms with Gasteiger partial charge in [-0.05, 0) is 50.3 Å². The van der Waals surface area contributed by atoms with Crippen molar-refractivity contribution < 1.29 is 0 Å². The first kappa shape index (κ1) is 13.4. The molecule has 0 saturated carbocycles. The molecule has 1 N–H and O–H groups in total. The van der Waals surface area contributed by atoms with E-state index >= 15 is 0 Å². The number of piperidine rings is 1. The Morgan fingerprint density at radius 3 is 2.89 bits per heavy atom. The first-order valence-corrected chi connectivity index (χ1v) is 7.20. The molecule has 2 rings (SSSR count). The van der Waals surface area contributed by atoms with Crippen molar-refractivity contribution in [1.29, 1.82) is 0 Å². The van der Waals surface area contributed by atoms with Gasteiger partial charge in [-0.1, -0.05) is 19.1 Å². The lowest BCUT2D eigenvalue weighted by atomic mass is 9.95. The second-order valence-electron chi connectivity index (χ2n) is 5.82. The second kappa shape index (κ2) is 6.24. The molecule has 2 atom stereocenters. The summed E-state index contributed by atoms with van der Waals surface area (Å²) in [6, 6.07) is 9.36. The van der Waals surface area contributed by atoms with Gasteiger partial charge >= 0.3 is 0 Å². The van der Waals surface area contributed by atoms with E-state index in [9.17, 15) is 0 Å². The van der Waals surface area contributed by atoms with Crippen LogP contribution >= 0.6 is 0 Å². The first-order valence-electron chi connectivity index (χ1n) is 7.20. The highest BCUT2D eigenvalue weighted by Gasteiger charge is 2.21. The van der Waals surface area contributed by atoms with Crippen LogP contribution in [0.25, 0.3) is 0 Å². The largest absolute Gasteiger partial charge is 0.384 e. The fraction of sp³-hybridized carbons (Fsp3) is 0.625. The smallest absolute Gasteiger partial charge is 0.0343 e. The summed E-state index contributed by atoms with van der Waals surface area (Å²) in [5.41, 5.74) is 2.56. The molecule has 0 spiro atoms. The van der Waals surface area contributed by atoms with E-state index in [1.165, 1.54) is 30.6 Å². The molecule has 2 unspecified atom stereocenters. The van der Waals surface area contributed by atoms with Gasteiger partial charge in [0.15, 0.2) is 0 Å². The lowest BCUT2D eigenvalue weighted by Gasteiger charge is -2.36. The van der Waals surface area contributed by atoms with Gasteiger partial charge in [0, 0.05) is 31.4 Å². The molecule has 0 aromatic heterocycles. The summed E-state index contributed by atoms with van der Waals surface area (Å²) in [6.45, 7) is 10.3. The van der Waals surface area contributed by atoms with Crippen LogP contribution in [0.5, 0.6) is 0 Å². The quantitative estimate of drug-likeness (QED) is 0.874. The van der Waals surface area contributed by atoms with Crippen LogP contribution in [-0.4, -0.2) is 30.6 Å². The van der Waals surface area contributed by atoms with E-state index in [1.54, 1.807) is 0 Å². The Hall–Kier alpha value is -1.02. The number of benzene rings is 1. The van der Waals surface area contributed by atoms with E-state index in [1.807, 2.05) is 0 Å². The lowest BCUT2D eigenvalue weighted by Crippen LogP contribution is -2.43. The summed E-state index contributed by atoms with van der Waals surface area (Å²) in [7, 11) is 0. The molecular weight excluding hydrogens is 220 g/mol. The maximum Gasteiger partial charge on any atom is 0.0343 e. The molecule has 0 radical (unpaired) electrons. The van der Waals surface area contributed by atoms with Gasteiger partial charge in [-0.25, -0.2) is 0 Å². The summed E-state index contributed by atoms with van der Waals surface area (Å²) in [6.07, 6.45) is 2.74. The molecule has 0 amide bonds. The Morgan fingerprint density at radius 2 is 2.11 bits per heavy atom. The Balaban J connectivity index is 1.77. The highest BCUT2D eigenvalue weighted by atomic mass is 15.2. The van der Waals surface area contributed by atoms with E-state index in [0.29, 0.717) is 0 Å². The highest BCUT2D eigenvalue weighted by Crippen LogP contribution is 2.20. The molecule has 2 nitrogen and oxygen atoms in total. The van der Waals surface area contributed by atoms with Crippen molar-refractivity contribution in [2.24, 2.45) is 5.92 Å². The van der Waals surface area contributed by atoms with Crippen molar-refractivity contribution in [2.45, 2.75) is 39.7 Å². The number of hydrogen-bond donors (Lipinski definition) is 1. The molecule has 2 heteroatoms.